The largest absolute Gasteiger partial charge is 0.356 e. The van der Waals surface area contributed by atoms with Gasteiger partial charge in [-0.05, 0) is 78.9 Å². The molecule has 0 bridgehead atoms. The molecule has 4 rings (SSSR count). The first kappa shape index (κ1) is 23.9. The molecule has 0 radical (unpaired) electrons. The summed E-state index contributed by atoms with van der Waals surface area (Å²) in [5.41, 5.74) is 3.72. The number of rotatable bonds is 6. The van der Waals surface area contributed by atoms with Crippen LogP contribution in [0, 0.1) is 0 Å². The molecule has 0 atom stereocenters. The second-order valence-corrected chi connectivity index (χ2v) is 8.33. The summed E-state index contributed by atoms with van der Waals surface area (Å²) in [5, 5.41) is 12.2. The first-order chi connectivity index (χ1) is 17.0. The van der Waals surface area contributed by atoms with E-state index in [9.17, 15) is 9.59 Å². The summed E-state index contributed by atoms with van der Waals surface area (Å²) in [4.78, 5) is 25.4. The molecule has 4 aromatic carbocycles. The van der Waals surface area contributed by atoms with Crippen molar-refractivity contribution >= 4 is 63.5 Å². The molecule has 4 aromatic rings. The lowest BCUT2D eigenvalue weighted by atomic mass is 10.1. The van der Waals surface area contributed by atoms with Gasteiger partial charge in [-0.15, -0.1) is 0 Å². The van der Waals surface area contributed by atoms with Gasteiger partial charge in [-0.1, -0.05) is 48.0 Å². The summed E-state index contributed by atoms with van der Waals surface area (Å²) in [6.07, 6.45) is 0. The van der Waals surface area contributed by atoms with Gasteiger partial charge in [-0.3, -0.25) is 14.9 Å². The van der Waals surface area contributed by atoms with E-state index in [0.29, 0.717) is 27.5 Å². The standard InChI is InChI=1S/C27H21ClN4O2S/c28-19-8-6-7-18(17-19)25(33)32-27(35)31-24-12-5-4-11-23(24)26(34)30-22-15-13-21(14-16-22)29-20-9-2-1-3-10-20/h1-17,29H,(H,30,34)(H2,31,32,33,35). The van der Waals surface area contributed by atoms with Crippen molar-refractivity contribution in [1.29, 1.82) is 0 Å². The first-order valence-corrected chi connectivity index (χ1v) is 11.5. The molecule has 35 heavy (non-hydrogen) atoms. The minimum absolute atomic E-state index is 0.0616. The Morgan fingerprint density at radius 1 is 0.657 bits per heavy atom. The van der Waals surface area contributed by atoms with E-state index in [-0.39, 0.29) is 11.0 Å². The Morgan fingerprint density at radius 3 is 2.06 bits per heavy atom. The molecule has 0 spiro atoms. The van der Waals surface area contributed by atoms with Gasteiger partial charge in [0.15, 0.2) is 5.11 Å². The summed E-state index contributed by atoms with van der Waals surface area (Å²) in [5.74, 6) is -0.725. The Hall–Kier alpha value is -4.20. The van der Waals surface area contributed by atoms with Crippen LogP contribution in [-0.4, -0.2) is 16.9 Å². The second kappa shape index (κ2) is 11.3. The lowest BCUT2D eigenvalue weighted by Gasteiger charge is -2.14. The quantitative estimate of drug-likeness (QED) is 0.228. The fourth-order valence-electron chi connectivity index (χ4n) is 3.27. The van der Waals surface area contributed by atoms with Crippen molar-refractivity contribution in [3.05, 3.63) is 119 Å². The minimum atomic E-state index is -0.406. The SMILES string of the molecule is O=C(NC(=S)Nc1ccccc1C(=O)Nc1ccc(Nc2ccccc2)cc1)c1cccc(Cl)c1. The third kappa shape index (κ3) is 6.66. The maximum absolute atomic E-state index is 13.0. The number of carbonyl (C=O) groups excluding carboxylic acids is 2. The number of benzene rings is 4. The number of para-hydroxylation sites is 2. The van der Waals surface area contributed by atoms with E-state index in [4.69, 9.17) is 23.8 Å². The number of halogens is 1. The fraction of sp³-hybridized carbons (Fsp3) is 0. The van der Waals surface area contributed by atoms with Crippen molar-refractivity contribution in [1.82, 2.24) is 5.32 Å². The maximum atomic E-state index is 13.0. The molecule has 8 heteroatoms. The number of nitrogens with one attached hydrogen (secondary N) is 4. The highest BCUT2D eigenvalue weighted by Crippen LogP contribution is 2.21. The van der Waals surface area contributed by atoms with E-state index >= 15 is 0 Å². The molecule has 0 saturated carbocycles. The van der Waals surface area contributed by atoms with Crippen LogP contribution in [0.2, 0.25) is 5.02 Å². The smallest absolute Gasteiger partial charge is 0.257 e. The number of anilines is 4. The summed E-state index contributed by atoms with van der Waals surface area (Å²) < 4.78 is 0. The molecule has 0 aliphatic rings. The predicted octanol–water partition coefficient (Wildman–Crippen LogP) is 6.46. The van der Waals surface area contributed by atoms with Gasteiger partial charge in [0.1, 0.15) is 0 Å². The summed E-state index contributed by atoms with van der Waals surface area (Å²) in [6.45, 7) is 0. The van der Waals surface area contributed by atoms with Crippen molar-refractivity contribution in [2.45, 2.75) is 0 Å². The molecule has 0 aliphatic heterocycles. The molecular formula is C27H21ClN4O2S. The van der Waals surface area contributed by atoms with Crippen LogP contribution in [0.4, 0.5) is 22.7 Å². The van der Waals surface area contributed by atoms with E-state index in [1.165, 1.54) is 0 Å². The lowest BCUT2D eigenvalue weighted by Crippen LogP contribution is -2.34. The molecule has 0 aliphatic carbocycles. The summed E-state index contributed by atoms with van der Waals surface area (Å²) >= 11 is 11.2. The Labute approximate surface area is 213 Å². The van der Waals surface area contributed by atoms with Gasteiger partial charge in [0.2, 0.25) is 0 Å². The number of thiocarbonyl (C=S) groups is 1. The van der Waals surface area contributed by atoms with Gasteiger partial charge < -0.3 is 16.0 Å². The van der Waals surface area contributed by atoms with Gasteiger partial charge in [0.25, 0.3) is 11.8 Å². The van der Waals surface area contributed by atoms with Crippen LogP contribution in [0.5, 0.6) is 0 Å². The Balaban J connectivity index is 1.39. The molecule has 2 amide bonds. The van der Waals surface area contributed by atoms with E-state index in [2.05, 4.69) is 21.3 Å². The molecule has 4 N–H and O–H groups in total. The highest BCUT2D eigenvalue weighted by atomic mass is 35.5. The zero-order chi connectivity index (χ0) is 24.6. The van der Waals surface area contributed by atoms with E-state index < -0.39 is 5.91 Å². The summed E-state index contributed by atoms with van der Waals surface area (Å²) in [6, 6.07) is 30.6. The molecular weight excluding hydrogens is 480 g/mol. The zero-order valence-electron chi connectivity index (χ0n) is 18.4. The van der Waals surface area contributed by atoms with E-state index in [0.717, 1.165) is 11.4 Å². The van der Waals surface area contributed by atoms with Gasteiger partial charge >= 0.3 is 0 Å². The van der Waals surface area contributed by atoms with Crippen molar-refractivity contribution in [2.75, 3.05) is 16.0 Å². The van der Waals surface area contributed by atoms with Crippen LogP contribution < -0.4 is 21.3 Å². The monoisotopic (exact) mass is 500 g/mol. The van der Waals surface area contributed by atoms with Crippen LogP contribution in [0.3, 0.4) is 0 Å². The molecule has 174 valence electrons. The number of hydrogen-bond acceptors (Lipinski definition) is 4. The Bertz CT molecular complexity index is 1360. The minimum Gasteiger partial charge on any atom is -0.356 e. The molecule has 0 heterocycles. The Morgan fingerprint density at radius 2 is 1.31 bits per heavy atom. The first-order valence-electron chi connectivity index (χ1n) is 10.7. The normalized spacial score (nSPS) is 10.2. The molecule has 0 unspecified atom stereocenters. The number of hydrogen-bond donors (Lipinski definition) is 4. The molecule has 0 saturated heterocycles. The zero-order valence-corrected chi connectivity index (χ0v) is 20.0. The highest BCUT2D eigenvalue weighted by molar-refractivity contribution is 7.80. The van der Waals surface area contributed by atoms with Crippen molar-refractivity contribution < 1.29 is 9.59 Å². The third-order valence-electron chi connectivity index (χ3n) is 4.94. The fourth-order valence-corrected chi connectivity index (χ4v) is 3.67. The molecule has 0 fully saturated rings. The van der Waals surface area contributed by atoms with Gasteiger partial charge in [-0.25, -0.2) is 0 Å². The van der Waals surface area contributed by atoms with E-state index in [1.807, 2.05) is 54.6 Å². The highest BCUT2D eigenvalue weighted by Gasteiger charge is 2.14. The van der Waals surface area contributed by atoms with E-state index in [1.54, 1.807) is 48.5 Å². The van der Waals surface area contributed by atoms with Gasteiger partial charge in [-0.2, -0.15) is 0 Å². The molecule has 6 nitrogen and oxygen atoms in total. The van der Waals surface area contributed by atoms with Crippen LogP contribution in [-0.2, 0) is 0 Å². The average molecular weight is 501 g/mol. The third-order valence-corrected chi connectivity index (χ3v) is 5.38. The summed E-state index contributed by atoms with van der Waals surface area (Å²) in [7, 11) is 0. The van der Waals surface area contributed by atoms with Gasteiger partial charge in [0.05, 0.1) is 11.3 Å². The molecule has 0 aromatic heterocycles. The predicted molar refractivity (Wildman–Crippen MR) is 146 cm³/mol. The van der Waals surface area contributed by atoms with Crippen LogP contribution in [0.1, 0.15) is 20.7 Å². The maximum Gasteiger partial charge on any atom is 0.257 e. The van der Waals surface area contributed by atoms with Crippen molar-refractivity contribution in [2.24, 2.45) is 0 Å². The average Bonchev–Trinajstić information content (AvgIpc) is 2.86. The topological polar surface area (TPSA) is 82.3 Å². The Kier molecular flexibility index (Phi) is 7.72. The van der Waals surface area contributed by atoms with Crippen molar-refractivity contribution in [3.63, 3.8) is 0 Å². The lowest BCUT2D eigenvalue weighted by molar-refractivity contribution is 0.0976. The van der Waals surface area contributed by atoms with Crippen LogP contribution in [0.25, 0.3) is 0 Å². The van der Waals surface area contributed by atoms with Gasteiger partial charge in [0, 0.05) is 27.6 Å². The second-order valence-electron chi connectivity index (χ2n) is 7.49. The number of amides is 2. The van der Waals surface area contributed by atoms with Crippen LogP contribution >= 0.6 is 23.8 Å². The van der Waals surface area contributed by atoms with Crippen molar-refractivity contribution in [3.8, 4) is 0 Å². The number of carbonyl (C=O) groups is 2. The van der Waals surface area contributed by atoms with Crippen LogP contribution in [0.15, 0.2) is 103 Å².